The van der Waals surface area contributed by atoms with Crippen LogP contribution in [0.4, 0.5) is 0 Å². The van der Waals surface area contributed by atoms with Crippen LogP contribution in [0.5, 0.6) is 0 Å². The third kappa shape index (κ3) is 1.62. The van der Waals surface area contributed by atoms with Crippen LogP contribution in [0.15, 0.2) is 30.5 Å². The maximum atomic E-state index is 11.4. The molecule has 0 aliphatic rings. The monoisotopic (exact) mass is 255 g/mol. The molecule has 0 saturated heterocycles. The van der Waals surface area contributed by atoms with Crippen LogP contribution in [0.1, 0.15) is 16.1 Å². The maximum Gasteiger partial charge on any atom is 0.339 e. The van der Waals surface area contributed by atoms with E-state index in [0.717, 1.165) is 16.5 Å². The predicted octanol–water partition coefficient (Wildman–Crippen LogP) is 2.58. The topological polar surface area (TPSA) is 70.9 Å². The van der Waals surface area contributed by atoms with Gasteiger partial charge in [0.1, 0.15) is 11.3 Å². The number of para-hydroxylation sites is 1. The highest BCUT2D eigenvalue weighted by Crippen LogP contribution is 2.31. The smallest absolute Gasteiger partial charge is 0.339 e. The first-order valence-corrected chi connectivity index (χ1v) is 5.92. The molecule has 3 aromatic rings. The Hall–Kier alpha value is -2.56. The first-order chi connectivity index (χ1) is 9.09. The highest BCUT2D eigenvalue weighted by molar-refractivity contribution is 6.02. The van der Waals surface area contributed by atoms with E-state index < -0.39 is 5.97 Å². The highest BCUT2D eigenvalue weighted by atomic mass is 16.4. The van der Waals surface area contributed by atoms with Gasteiger partial charge in [0.2, 0.25) is 0 Å². The summed E-state index contributed by atoms with van der Waals surface area (Å²) in [5.74, 6) is -0.964. The normalized spacial score (nSPS) is 11.1. The molecule has 0 saturated carbocycles. The van der Waals surface area contributed by atoms with Crippen molar-refractivity contribution in [3.05, 3.63) is 41.7 Å². The molecule has 2 N–H and O–H groups in total. The average molecular weight is 255 g/mol. The van der Waals surface area contributed by atoms with Gasteiger partial charge < -0.3 is 9.67 Å². The van der Waals surface area contributed by atoms with Gasteiger partial charge in [-0.3, -0.25) is 5.10 Å². The van der Waals surface area contributed by atoms with Crippen molar-refractivity contribution in [1.82, 2.24) is 14.8 Å². The summed E-state index contributed by atoms with van der Waals surface area (Å²) >= 11 is 0. The molecule has 19 heavy (non-hydrogen) atoms. The molecular formula is C14H13N3O2. The number of nitrogens with one attached hydrogen (secondary N) is 1. The van der Waals surface area contributed by atoms with Crippen LogP contribution >= 0.6 is 0 Å². The lowest BCUT2D eigenvalue weighted by Gasteiger charge is -1.97. The molecular weight excluding hydrogens is 242 g/mol. The summed E-state index contributed by atoms with van der Waals surface area (Å²) < 4.78 is 1.97. The summed E-state index contributed by atoms with van der Waals surface area (Å²) in [6, 6.07) is 7.87. The number of carboxylic acids is 1. The molecule has 0 unspecified atom stereocenters. The van der Waals surface area contributed by atoms with Crippen LogP contribution in [0.25, 0.3) is 22.2 Å². The quantitative estimate of drug-likeness (QED) is 0.739. The van der Waals surface area contributed by atoms with Crippen LogP contribution < -0.4 is 0 Å². The summed E-state index contributed by atoms with van der Waals surface area (Å²) in [7, 11) is 1.94. The third-order valence-electron chi connectivity index (χ3n) is 3.31. The fraction of sp³-hybridized carbons (Fsp3) is 0.143. The van der Waals surface area contributed by atoms with Crippen molar-refractivity contribution in [2.75, 3.05) is 0 Å². The second-order valence-corrected chi connectivity index (χ2v) is 4.55. The number of hydrogen-bond acceptors (Lipinski definition) is 2. The molecule has 0 aliphatic heterocycles. The Bertz CT molecular complexity index is 783. The number of carbonyl (C=O) groups is 1. The van der Waals surface area contributed by atoms with Crippen molar-refractivity contribution >= 4 is 16.9 Å². The number of aromatic nitrogens is 3. The number of rotatable bonds is 2. The van der Waals surface area contributed by atoms with E-state index >= 15 is 0 Å². The average Bonchev–Trinajstić information content (AvgIpc) is 2.91. The Labute approximate surface area is 109 Å². The molecule has 0 amide bonds. The number of aromatic amines is 1. The molecule has 0 aliphatic carbocycles. The Kier molecular flexibility index (Phi) is 2.41. The van der Waals surface area contributed by atoms with Crippen LogP contribution in [-0.4, -0.2) is 25.8 Å². The van der Waals surface area contributed by atoms with Crippen molar-refractivity contribution in [3.8, 4) is 11.3 Å². The molecule has 0 spiro atoms. The first-order valence-electron chi connectivity index (χ1n) is 5.92. The van der Waals surface area contributed by atoms with Crippen molar-refractivity contribution in [3.63, 3.8) is 0 Å². The van der Waals surface area contributed by atoms with Crippen molar-refractivity contribution in [2.45, 2.75) is 6.92 Å². The molecule has 0 bridgehead atoms. The molecule has 96 valence electrons. The summed E-state index contributed by atoms with van der Waals surface area (Å²) in [5.41, 5.74) is 3.17. The Morgan fingerprint density at radius 3 is 2.84 bits per heavy atom. The van der Waals surface area contributed by atoms with Crippen LogP contribution in [0.3, 0.4) is 0 Å². The van der Waals surface area contributed by atoms with Gasteiger partial charge in [0, 0.05) is 35.4 Å². The number of carboxylic acid groups (broad SMARTS) is 1. The van der Waals surface area contributed by atoms with Gasteiger partial charge in [0.05, 0.1) is 0 Å². The largest absolute Gasteiger partial charge is 0.478 e. The Morgan fingerprint density at radius 2 is 2.11 bits per heavy atom. The number of nitrogens with zero attached hydrogens (tertiary/aromatic N) is 2. The molecule has 0 fully saturated rings. The maximum absolute atomic E-state index is 11.4. The van der Waals surface area contributed by atoms with Gasteiger partial charge in [-0.1, -0.05) is 18.2 Å². The van der Waals surface area contributed by atoms with Crippen molar-refractivity contribution in [1.29, 1.82) is 0 Å². The van der Waals surface area contributed by atoms with E-state index in [9.17, 15) is 9.90 Å². The van der Waals surface area contributed by atoms with E-state index in [1.807, 2.05) is 42.1 Å². The number of benzene rings is 1. The third-order valence-corrected chi connectivity index (χ3v) is 3.31. The van der Waals surface area contributed by atoms with Gasteiger partial charge in [-0.2, -0.15) is 5.10 Å². The molecule has 5 heteroatoms. The van der Waals surface area contributed by atoms with E-state index in [1.54, 1.807) is 6.92 Å². The SMILES string of the molecule is Cc1[nH]nc(-c2cn(C)c3ccccc23)c1C(=O)O. The number of aromatic carboxylic acids is 1. The van der Waals surface area contributed by atoms with Gasteiger partial charge in [0.25, 0.3) is 0 Å². The van der Waals surface area contributed by atoms with Crippen LogP contribution in [-0.2, 0) is 7.05 Å². The summed E-state index contributed by atoms with van der Waals surface area (Å²) in [6.45, 7) is 1.71. The fourth-order valence-corrected chi connectivity index (χ4v) is 2.42. The van der Waals surface area contributed by atoms with E-state index in [1.165, 1.54) is 0 Å². The lowest BCUT2D eigenvalue weighted by Crippen LogP contribution is -1.99. The number of H-pyrrole nitrogens is 1. The van der Waals surface area contributed by atoms with Gasteiger partial charge in [-0.05, 0) is 13.0 Å². The van der Waals surface area contributed by atoms with E-state index in [2.05, 4.69) is 10.2 Å². The Balaban J connectivity index is 2.34. The second kappa shape index (κ2) is 3.98. The molecule has 2 aromatic heterocycles. The standard InChI is InChI=1S/C14H13N3O2/c1-8-12(14(18)19)13(16-15-8)10-7-17(2)11-6-4-3-5-9(10)11/h3-7H,1-2H3,(H,15,16)(H,18,19). The minimum atomic E-state index is -0.964. The minimum Gasteiger partial charge on any atom is -0.478 e. The fourth-order valence-electron chi connectivity index (χ4n) is 2.42. The van der Waals surface area contributed by atoms with Gasteiger partial charge in [0.15, 0.2) is 0 Å². The van der Waals surface area contributed by atoms with E-state index in [-0.39, 0.29) is 5.56 Å². The Morgan fingerprint density at radius 1 is 1.37 bits per heavy atom. The highest BCUT2D eigenvalue weighted by Gasteiger charge is 2.21. The molecule has 3 rings (SSSR count). The zero-order valence-electron chi connectivity index (χ0n) is 10.6. The predicted molar refractivity (Wildman–Crippen MR) is 72.2 cm³/mol. The molecule has 1 aromatic carbocycles. The molecule has 0 atom stereocenters. The zero-order valence-corrected chi connectivity index (χ0v) is 10.6. The van der Waals surface area contributed by atoms with Crippen LogP contribution in [0, 0.1) is 6.92 Å². The molecule has 0 radical (unpaired) electrons. The number of aryl methyl sites for hydroxylation is 2. The zero-order chi connectivity index (χ0) is 13.6. The lowest BCUT2D eigenvalue weighted by atomic mass is 10.1. The molecule has 2 heterocycles. The van der Waals surface area contributed by atoms with E-state index in [4.69, 9.17) is 0 Å². The summed E-state index contributed by atoms with van der Waals surface area (Å²) in [6.07, 6.45) is 1.91. The number of fused-ring (bicyclic) bond motifs is 1. The summed E-state index contributed by atoms with van der Waals surface area (Å²) in [4.78, 5) is 11.4. The van der Waals surface area contributed by atoms with Crippen molar-refractivity contribution < 1.29 is 9.90 Å². The van der Waals surface area contributed by atoms with Gasteiger partial charge >= 0.3 is 5.97 Å². The molecule has 5 nitrogen and oxygen atoms in total. The second-order valence-electron chi connectivity index (χ2n) is 4.55. The van der Waals surface area contributed by atoms with Gasteiger partial charge in [-0.15, -0.1) is 0 Å². The van der Waals surface area contributed by atoms with E-state index in [0.29, 0.717) is 11.4 Å². The summed E-state index contributed by atoms with van der Waals surface area (Å²) in [5, 5.41) is 17.2. The lowest BCUT2D eigenvalue weighted by molar-refractivity contribution is 0.0697. The van der Waals surface area contributed by atoms with Crippen LogP contribution in [0.2, 0.25) is 0 Å². The number of hydrogen-bond donors (Lipinski definition) is 2. The minimum absolute atomic E-state index is 0.233. The van der Waals surface area contributed by atoms with Gasteiger partial charge in [-0.25, -0.2) is 4.79 Å². The van der Waals surface area contributed by atoms with Crippen molar-refractivity contribution in [2.24, 2.45) is 7.05 Å². The first kappa shape index (κ1) is 11.5.